The lowest BCUT2D eigenvalue weighted by Gasteiger charge is -2.32. The molecule has 1 N–H and O–H groups in total. The fraction of sp³-hybridized carbons (Fsp3) is 0.588. The summed E-state index contributed by atoms with van der Waals surface area (Å²) < 4.78 is 5.53. The Bertz CT molecular complexity index is 493. The number of nitrogens with zero attached hydrogens (tertiary/aromatic N) is 1. The van der Waals surface area contributed by atoms with Crippen LogP contribution in [0.5, 0.6) is 0 Å². The summed E-state index contributed by atoms with van der Waals surface area (Å²) in [5, 5.41) is 9.09. The summed E-state index contributed by atoms with van der Waals surface area (Å²) in [6, 6.07) is 8.31. The number of ether oxygens (including phenoxy) is 1. The molecule has 0 aromatic heterocycles. The average Bonchev–Trinajstić information content (AvgIpc) is 2.81. The molecule has 0 bridgehead atoms. The van der Waals surface area contributed by atoms with Crippen molar-refractivity contribution in [3.63, 3.8) is 0 Å². The molecule has 0 saturated heterocycles. The van der Waals surface area contributed by atoms with Crippen molar-refractivity contribution in [2.24, 2.45) is 0 Å². The number of hydrogen-bond acceptors (Lipinski definition) is 3. The van der Waals surface area contributed by atoms with Crippen molar-refractivity contribution in [3.05, 3.63) is 35.4 Å². The Morgan fingerprint density at radius 2 is 2.10 bits per heavy atom. The third-order valence-corrected chi connectivity index (χ3v) is 3.66. The van der Waals surface area contributed by atoms with Gasteiger partial charge in [-0.3, -0.25) is 0 Å². The zero-order valence-electron chi connectivity index (χ0n) is 13.1. The third kappa shape index (κ3) is 3.97. The van der Waals surface area contributed by atoms with Crippen molar-refractivity contribution in [1.82, 2.24) is 4.90 Å². The molecule has 0 heterocycles. The van der Waals surface area contributed by atoms with Gasteiger partial charge < -0.3 is 14.7 Å². The van der Waals surface area contributed by atoms with E-state index in [1.807, 2.05) is 32.9 Å². The van der Waals surface area contributed by atoms with Gasteiger partial charge in [-0.05, 0) is 51.2 Å². The molecule has 116 valence electrons. The van der Waals surface area contributed by atoms with Crippen LogP contribution in [-0.2, 0) is 11.2 Å². The van der Waals surface area contributed by atoms with Gasteiger partial charge >= 0.3 is 6.09 Å². The molecule has 4 heteroatoms. The van der Waals surface area contributed by atoms with Gasteiger partial charge in [-0.15, -0.1) is 0 Å². The minimum Gasteiger partial charge on any atom is -0.444 e. The molecule has 0 spiro atoms. The molecular weight excluding hydrogens is 266 g/mol. The van der Waals surface area contributed by atoms with Gasteiger partial charge in [0.15, 0.2) is 0 Å². The molecule has 0 saturated carbocycles. The minimum absolute atomic E-state index is 0.0580. The lowest BCUT2D eigenvalue weighted by atomic mass is 10.1. The van der Waals surface area contributed by atoms with E-state index in [0.29, 0.717) is 13.0 Å². The van der Waals surface area contributed by atoms with Crippen molar-refractivity contribution in [2.45, 2.75) is 51.7 Å². The number of carbonyl (C=O) groups is 1. The third-order valence-electron chi connectivity index (χ3n) is 3.66. The molecule has 2 rings (SSSR count). The van der Waals surface area contributed by atoms with Gasteiger partial charge in [0.1, 0.15) is 5.60 Å². The largest absolute Gasteiger partial charge is 0.444 e. The Morgan fingerprint density at radius 1 is 1.38 bits per heavy atom. The number of aryl methyl sites for hydroxylation is 1. The van der Waals surface area contributed by atoms with Gasteiger partial charge in [0.2, 0.25) is 0 Å². The Morgan fingerprint density at radius 3 is 2.76 bits per heavy atom. The van der Waals surface area contributed by atoms with Crippen molar-refractivity contribution < 1.29 is 14.6 Å². The summed E-state index contributed by atoms with van der Waals surface area (Å²) in [5.74, 6) is 0. The predicted octanol–water partition coefficient (Wildman–Crippen LogP) is 3.29. The number of carbonyl (C=O) groups excluding carboxylic acids is 1. The SMILES string of the molecule is CC(C)(C)OC(=O)N(CCCO)C1CCc2ccccc21. The highest BCUT2D eigenvalue weighted by Crippen LogP contribution is 2.36. The smallest absolute Gasteiger partial charge is 0.410 e. The summed E-state index contributed by atoms with van der Waals surface area (Å²) in [4.78, 5) is 14.3. The summed E-state index contributed by atoms with van der Waals surface area (Å²) in [6.45, 7) is 6.21. The first-order valence-electron chi connectivity index (χ1n) is 7.60. The van der Waals surface area contributed by atoms with E-state index in [2.05, 4.69) is 12.1 Å². The monoisotopic (exact) mass is 291 g/mol. The van der Waals surface area contributed by atoms with Crippen LogP contribution in [0.2, 0.25) is 0 Å². The van der Waals surface area contributed by atoms with Crippen LogP contribution < -0.4 is 0 Å². The van der Waals surface area contributed by atoms with E-state index in [9.17, 15) is 4.79 Å². The Kier molecular flexibility index (Phi) is 4.88. The number of hydrogen-bond donors (Lipinski definition) is 1. The summed E-state index contributed by atoms with van der Waals surface area (Å²) in [5.41, 5.74) is 2.01. The van der Waals surface area contributed by atoms with Crippen molar-refractivity contribution in [1.29, 1.82) is 0 Å². The van der Waals surface area contributed by atoms with Crippen LogP contribution in [0, 0.1) is 0 Å². The molecule has 0 aliphatic heterocycles. The molecule has 1 atom stereocenters. The van der Waals surface area contributed by atoms with E-state index in [1.165, 1.54) is 11.1 Å². The first-order chi connectivity index (χ1) is 9.92. The lowest BCUT2D eigenvalue weighted by Crippen LogP contribution is -2.39. The topological polar surface area (TPSA) is 49.8 Å². The number of aliphatic hydroxyl groups is 1. The molecule has 1 aliphatic rings. The van der Waals surface area contributed by atoms with Gasteiger partial charge in [-0.1, -0.05) is 24.3 Å². The summed E-state index contributed by atoms with van der Waals surface area (Å²) in [6.07, 6.45) is 2.18. The predicted molar refractivity (Wildman–Crippen MR) is 82.1 cm³/mol. The van der Waals surface area contributed by atoms with Crippen LogP contribution in [0.4, 0.5) is 4.79 Å². The summed E-state index contributed by atoms with van der Waals surface area (Å²) >= 11 is 0. The van der Waals surface area contributed by atoms with Crippen molar-refractivity contribution in [3.8, 4) is 0 Å². The van der Waals surface area contributed by atoms with E-state index in [0.717, 1.165) is 12.8 Å². The average molecular weight is 291 g/mol. The molecule has 1 amide bonds. The van der Waals surface area contributed by atoms with Crippen molar-refractivity contribution in [2.75, 3.05) is 13.2 Å². The second-order valence-corrected chi connectivity index (χ2v) is 6.50. The standard InChI is InChI=1S/C17H25NO3/c1-17(2,3)21-16(20)18(11-6-12-19)15-10-9-13-7-4-5-8-14(13)15/h4-5,7-8,15,19H,6,9-12H2,1-3H3. The first kappa shape index (κ1) is 15.8. The molecule has 1 unspecified atom stereocenters. The molecule has 1 aromatic rings. The second-order valence-electron chi connectivity index (χ2n) is 6.50. The van der Waals surface area contributed by atoms with Crippen LogP contribution in [0.3, 0.4) is 0 Å². The molecule has 0 radical (unpaired) electrons. The Balaban J connectivity index is 2.19. The van der Waals surface area contributed by atoms with Crippen LogP contribution in [0.1, 0.15) is 50.8 Å². The molecule has 21 heavy (non-hydrogen) atoms. The molecule has 0 fully saturated rings. The molecular formula is C17H25NO3. The second kappa shape index (κ2) is 6.48. The minimum atomic E-state index is -0.507. The quantitative estimate of drug-likeness (QED) is 0.926. The number of amides is 1. The van der Waals surface area contributed by atoms with Crippen LogP contribution in [-0.4, -0.2) is 34.9 Å². The van der Waals surface area contributed by atoms with E-state index in [4.69, 9.17) is 9.84 Å². The molecule has 4 nitrogen and oxygen atoms in total. The fourth-order valence-electron chi connectivity index (χ4n) is 2.79. The highest BCUT2D eigenvalue weighted by Gasteiger charge is 2.33. The number of rotatable bonds is 4. The van der Waals surface area contributed by atoms with Crippen LogP contribution in [0.15, 0.2) is 24.3 Å². The fourth-order valence-corrected chi connectivity index (χ4v) is 2.79. The zero-order valence-corrected chi connectivity index (χ0v) is 13.1. The molecule has 1 aromatic carbocycles. The highest BCUT2D eigenvalue weighted by atomic mass is 16.6. The van der Waals surface area contributed by atoms with Gasteiger partial charge in [-0.25, -0.2) is 4.79 Å². The van der Waals surface area contributed by atoms with Crippen molar-refractivity contribution >= 4 is 6.09 Å². The van der Waals surface area contributed by atoms with E-state index >= 15 is 0 Å². The number of fused-ring (bicyclic) bond motifs is 1. The summed E-state index contributed by atoms with van der Waals surface area (Å²) in [7, 11) is 0. The van der Waals surface area contributed by atoms with Gasteiger partial charge in [0, 0.05) is 13.2 Å². The van der Waals surface area contributed by atoms with E-state index in [-0.39, 0.29) is 18.7 Å². The van der Waals surface area contributed by atoms with E-state index < -0.39 is 5.60 Å². The van der Waals surface area contributed by atoms with Crippen LogP contribution >= 0.6 is 0 Å². The maximum Gasteiger partial charge on any atom is 0.410 e. The van der Waals surface area contributed by atoms with E-state index in [1.54, 1.807) is 4.90 Å². The number of benzene rings is 1. The number of aliphatic hydroxyl groups excluding tert-OH is 1. The van der Waals surface area contributed by atoms with Gasteiger partial charge in [0.25, 0.3) is 0 Å². The Hall–Kier alpha value is -1.55. The Labute approximate surface area is 126 Å². The van der Waals surface area contributed by atoms with Gasteiger partial charge in [-0.2, -0.15) is 0 Å². The maximum atomic E-state index is 12.5. The normalized spacial score (nSPS) is 17.4. The van der Waals surface area contributed by atoms with Gasteiger partial charge in [0.05, 0.1) is 6.04 Å². The molecule has 1 aliphatic carbocycles. The lowest BCUT2D eigenvalue weighted by molar-refractivity contribution is 0.0146. The highest BCUT2D eigenvalue weighted by molar-refractivity contribution is 5.69. The maximum absolute atomic E-state index is 12.5. The van der Waals surface area contributed by atoms with Crippen LogP contribution in [0.25, 0.3) is 0 Å². The zero-order chi connectivity index (χ0) is 15.5. The first-order valence-corrected chi connectivity index (χ1v) is 7.60.